The van der Waals surface area contributed by atoms with Crippen LogP contribution in [0, 0.1) is 0 Å². The fourth-order valence-electron chi connectivity index (χ4n) is 1.72. The predicted octanol–water partition coefficient (Wildman–Crippen LogP) is 2.96. The van der Waals surface area contributed by atoms with Crippen LogP contribution in [0.4, 0.5) is 0 Å². The Bertz CT molecular complexity index is 263. The van der Waals surface area contributed by atoms with Crippen LogP contribution in [0.15, 0.2) is 24.3 Å². The number of para-hydroxylation sites is 1. The van der Waals surface area contributed by atoms with E-state index in [2.05, 4.69) is 12.1 Å². The first-order valence-corrected chi connectivity index (χ1v) is 4.54. The largest absolute Gasteiger partial charge is 0.496 e. The average Bonchev–Trinajstić information content (AvgIpc) is 2.02. The topological polar surface area (TPSA) is 9.23 Å². The summed E-state index contributed by atoms with van der Waals surface area (Å²) in [6.07, 6.45) is 4.05. The molecule has 0 amide bonds. The molecule has 1 aliphatic rings. The second kappa shape index (κ2) is 3.18. The summed E-state index contributed by atoms with van der Waals surface area (Å²) in [6.45, 7) is 0. The highest BCUT2D eigenvalue weighted by molar-refractivity contribution is 5.37. The summed E-state index contributed by atoms with van der Waals surface area (Å²) in [4.78, 5) is 0. The monoisotopic (exact) mass is 162 g/mol. The standard InChI is InChI=1S/C11H14O/c1-12-11-8-3-2-7-10(11)9-5-4-6-9/h2-3,7-9H,4-6H2,1H3. The Hall–Kier alpha value is -0.980. The molecule has 1 nitrogen and oxygen atoms in total. The third-order valence-corrected chi connectivity index (χ3v) is 2.68. The minimum absolute atomic E-state index is 0.765. The maximum absolute atomic E-state index is 5.30. The number of rotatable bonds is 2. The van der Waals surface area contributed by atoms with Gasteiger partial charge in [-0.15, -0.1) is 0 Å². The van der Waals surface area contributed by atoms with Crippen LogP contribution >= 0.6 is 0 Å². The van der Waals surface area contributed by atoms with Gasteiger partial charge in [0, 0.05) is 0 Å². The molecule has 64 valence electrons. The lowest BCUT2D eigenvalue weighted by atomic mass is 9.80. The van der Waals surface area contributed by atoms with Gasteiger partial charge in [0.2, 0.25) is 0 Å². The molecule has 0 bridgehead atoms. The van der Waals surface area contributed by atoms with Crippen molar-refractivity contribution in [1.82, 2.24) is 0 Å². The van der Waals surface area contributed by atoms with Gasteiger partial charge in [-0.2, -0.15) is 0 Å². The first-order chi connectivity index (χ1) is 5.92. The van der Waals surface area contributed by atoms with Crippen molar-refractivity contribution in [2.75, 3.05) is 7.11 Å². The van der Waals surface area contributed by atoms with Crippen LogP contribution in [-0.4, -0.2) is 7.11 Å². The molecule has 1 saturated carbocycles. The summed E-state index contributed by atoms with van der Waals surface area (Å²) in [5, 5.41) is 0. The predicted molar refractivity (Wildman–Crippen MR) is 49.6 cm³/mol. The van der Waals surface area contributed by atoms with Gasteiger partial charge in [-0.25, -0.2) is 0 Å². The highest BCUT2D eigenvalue weighted by Gasteiger charge is 2.21. The molecular weight excluding hydrogens is 148 g/mol. The van der Waals surface area contributed by atoms with Gasteiger partial charge in [0.1, 0.15) is 5.75 Å². The molecule has 1 fully saturated rings. The van der Waals surface area contributed by atoms with E-state index in [-0.39, 0.29) is 0 Å². The van der Waals surface area contributed by atoms with Crippen molar-refractivity contribution in [3.63, 3.8) is 0 Å². The normalized spacial score (nSPS) is 17.1. The summed E-state index contributed by atoms with van der Waals surface area (Å²) in [5.74, 6) is 1.82. The minimum atomic E-state index is 0.765. The van der Waals surface area contributed by atoms with Crippen LogP contribution in [0.1, 0.15) is 30.7 Å². The van der Waals surface area contributed by atoms with E-state index in [1.165, 1.54) is 24.8 Å². The molecule has 0 unspecified atom stereocenters. The maximum Gasteiger partial charge on any atom is 0.122 e. The summed E-state index contributed by atoms with van der Waals surface area (Å²) in [5.41, 5.74) is 1.39. The van der Waals surface area contributed by atoms with Crippen molar-refractivity contribution >= 4 is 0 Å². The molecule has 1 heteroatoms. The summed E-state index contributed by atoms with van der Waals surface area (Å²) in [6, 6.07) is 8.35. The Kier molecular flexibility index (Phi) is 2.03. The quantitative estimate of drug-likeness (QED) is 0.649. The van der Waals surface area contributed by atoms with Gasteiger partial charge < -0.3 is 4.74 Å². The molecule has 0 radical (unpaired) electrons. The first kappa shape index (κ1) is 7.66. The third-order valence-electron chi connectivity index (χ3n) is 2.68. The van der Waals surface area contributed by atoms with E-state index in [1.54, 1.807) is 7.11 Å². The second-order valence-electron chi connectivity index (χ2n) is 3.37. The molecule has 12 heavy (non-hydrogen) atoms. The number of benzene rings is 1. The van der Waals surface area contributed by atoms with E-state index in [4.69, 9.17) is 4.74 Å². The highest BCUT2D eigenvalue weighted by atomic mass is 16.5. The molecule has 1 aliphatic carbocycles. The van der Waals surface area contributed by atoms with Crippen molar-refractivity contribution in [2.24, 2.45) is 0 Å². The molecule has 0 aromatic heterocycles. The van der Waals surface area contributed by atoms with Gasteiger partial charge >= 0.3 is 0 Å². The van der Waals surface area contributed by atoms with Gasteiger partial charge in [0.15, 0.2) is 0 Å². The van der Waals surface area contributed by atoms with Crippen LogP contribution in [0.25, 0.3) is 0 Å². The molecule has 1 aromatic rings. The van der Waals surface area contributed by atoms with E-state index in [0.717, 1.165) is 11.7 Å². The van der Waals surface area contributed by atoms with Gasteiger partial charge in [0.25, 0.3) is 0 Å². The maximum atomic E-state index is 5.30. The number of methoxy groups -OCH3 is 1. The Morgan fingerprint density at radius 1 is 1.25 bits per heavy atom. The Balaban J connectivity index is 2.27. The summed E-state index contributed by atoms with van der Waals surface area (Å²) in [7, 11) is 1.75. The number of hydrogen-bond acceptors (Lipinski definition) is 1. The Labute approximate surface area is 73.4 Å². The molecular formula is C11H14O. The first-order valence-electron chi connectivity index (χ1n) is 4.54. The highest BCUT2D eigenvalue weighted by Crippen LogP contribution is 2.40. The minimum Gasteiger partial charge on any atom is -0.496 e. The smallest absolute Gasteiger partial charge is 0.122 e. The number of ether oxygens (including phenoxy) is 1. The van der Waals surface area contributed by atoms with Crippen molar-refractivity contribution in [2.45, 2.75) is 25.2 Å². The molecule has 0 heterocycles. The van der Waals surface area contributed by atoms with E-state index in [1.807, 2.05) is 12.1 Å². The molecule has 1 aromatic carbocycles. The Morgan fingerprint density at radius 3 is 2.58 bits per heavy atom. The van der Waals surface area contributed by atoms with Crippen LogP contribution in [-0.2, 0) is 0 Å². The third kappa shape index (κ3) is 1.20. The van der Waals surface area contributed by atoms with E-state index < -0.39 is 0 Å². The lowest BCUT2D eigenvalue weighted by Gasteiger charge is -2.27. The zero-order valence-corrected chi connectivity index (χ0v) is 7.42. The zero-order valence-electron chi connectivity index (χ0n) is 7.42. The molecule has 0 spiro atoms. The molecule has 0 atom stereocenters. The Morgan fingerprint density at radius 2 is 2.00 bits per heavy atom. The summed E-state index contributed by atoms with van der Waals surface area (Å²) >= 11 is 0. The average molecular weight is 162 g/mol. The zero-order chi connectivity index (χ0) is 8.39. The lowest BCUT2D eigenvalue weighted by molar-refractivity contribution is 0.373. The fourth-order valence-corrected chi connectivity index (χ4v) is 1.72. The molecule has 0 aliphatic heterocycles. The molecule has 0 N–H and O–H groups in total. The van der Waals surface area contributed by atoms with Crippen LogP contribution in [0.2, 0.25) is 0 Å². The number of hydrogen-bond donors (Lipinski definition) is 0. The van der Waals surface area contributed by atoms with E-state index in [9.17, 15) is 0 Å². The lowest BCUT2D eigenvalue weighted by Crippen LogP contribution is -2.09. The van der Waals surface area contributed by atoms with Crippen molar-refractivity contribution in [1.29, 1.82) is 0 Å². The van der Waals surface area contributed by atoms with Gasteiger partial charge in [-0.05, 0) is 30.4 Å². The molecule has 2 rings (SSSR count). The van der Waals surface area contributed by atoms with Gasteiger partial charge in [-0.1, -0.05) is 24.6 Å². The van der Waals surface area contributed by atoms with Crippen molar-refractivity contribution in [3.8, 4) is 5.75 Å². The van der Waals surface area contributed by atoms with Gasteiger partial charge in [-0.3, -0.25) is 0 Å². The van der Waals surface area contributed by atoms with Crippen LogP contribution < -0.4 is 4.74 Å². The van der Waals surface area contributed by atoms with Crippen molar-refractivity contribution in [3.05, 3.63) is 29.8 Å². The fraction of sp³-hybridized carbons (Fsp3) is 0.455. The van der Waals surface area contributed by atoms with E-state index in [0.29, 0.717) is 0 Å². The SMILES string of the molecule is COc1ccccc1C1CCC1. The van der Waals surface area contributed by atoms with Crippen LogP contribution in [0.3, 0.4) is 0 Å². The van der Waals surface area contributed by atoms with Crippen molar-refractivity contribution < 1.29 is 4.74 Å². The second-order valence-corrected chi connectivity index (χ2v) is 3.37. The van der Waals surface area contributed by atoms with Gasteiger partial charge in [0.05, 0.1) is 7.11 Å². The van der Waals surface area contributed by atoms with E-state index >= 15 is 0 Å². The summed E-state index contributed by atoms with van der Waals surface area (Å²) < 4.78 is 5.30. The van der Waals surface area contributed by atoms with Crippen LogP contribution in [0.5, 0.6) is 5.75 Å². The molecule has 0 saturated heterocycles.